The Morgan fingerprint density at radius 3 is 2.81 bits per heavy atom. The van der Waals surface area contributed by atoms with Crippen LogP contribution in [0, 0.1) is 0 Å². The molecule has 0 radical (unpaired) electrons. The quantitative estimate of drug-likeness (QED) is 0.813. The molecule has 1 saturated carbocycles. The molecule has 1 aromatic carbocycles. The molecule has 0 bridgehead atoms. The van der Waals surface area contributed by atoms with Crippen molar-refractivity contribution in [2.24, 2.45) is 0 Å². The van der Waals surface area contributed by atoms with Crippen LogP contribution >= 0.6 is 0 Å². The van der Waals surface area contributed by atoms with Crippen LogP contribution in [-0.4, -0.2) is 23.9 Å². The fourth-order valence-corrected chi connectivity index (χ4v) is 2.11. The predicted octanol–water partition coefficient (Wildman–Crippen LogP) is 1.70. The average Bonchev–Trinajstić information content (AvgIpc) is 2.28. The number of aliphatic hydroxyl groups is 1. The number of methoxy groups -OCH3 is 1. The Labute approximate surface area is 96.4 Å². The maximum absolute atomic E-state index is 9.88. The van der Waals surface area contributed by atoms with E-state index in [0.29, 0.717) is 0 Å². The predicted molar refractivity (Wildman–Crippen MR) is 63.5 cm³/mol. The van der Waals surface area contributed by atoms with E-state index in [1.807, 2.05) is 31.2 Å². The number of para-hydroxylation sites is 1. The number of hydrogen-bond donors (Lipinski definition) is 2. The van der Waals surface area contributed by atoms with Gasteiger partial charge in [0.25, 0.3) is 0 Å². The Morgan fingerprint density at radius 2 is 2.25 bits per heavy atom. The molecule has 0 unspecified atom stereocenters. The molecule has 0 amide bonds. The van der Waals surface area contributed by atoms with Crippen molar-refractivity contribution >= 4 is 0 Å². The third-order valence-corrected chi connectivity index (χ3v) is 3.42. The minimum absolute atomic E-state index is 0.206. The van der Waals surface area contributed by atoms with Crippen LogP contribution in [0.5, 0.6) is 5.75 Å². The van der Waals surface area contributed by atoms with Gasteiger partial charge in [-0.15, -0.1) is 0 Å². The summed E-state index contributed by atoms with van der Waals surface area (Å²) in [5.74, 6) is 0.897. The van der Waals surface area contributed by atoms with Gasteiger partial charge < -0.3 is 15.2 Å². The summed E-state index contributed by atoms with van der Waals surface area (Å²) in [5.41, 5.74) is 0.592. The van der Waals surface area contributed by atoms with Crippen LogP contribution in [0.3, 0.4) is 0 Å². The van der Waals surface area contributed by atoms with Crippen LogP contribution in [0.15, 0.2) is 24.3 Å². The van der Waals surface area contributed by atoms with Crippen LogP contribution in [0.2, 0.25) is 0 Å². The lowest BCUT2D eigenvalue weighted by Gasteiger charge is -2.43. The summed E-state index contributed by atoms with van der Waals surface area (Å²) in [6, 6.07) is 8.16. The lowest BCUT2D eigenvalue weighted by molar-refractivity contribution is -0.0523. The van der Waals surface area contributed by atoms with Gasteiger partial charge in [0, 0.05) is 18.2 Å². The van der Waals surface area contributed by atoms with Crippen molar-refractivity contribution in [2.45, 2.75) is 38.0 Å². The molecular weight excluding hydrogens is 202 g/mol. The molecule has 3 nitrogen and oxygen atoms in total. The lowest BCUT2D eigenvalue weighted by atomic mass is 9.76. The minimum atomic E-state index is -0.540. The number of benzene rings is 1. The van der Waals surface area contributed by atoms with Crippen molar-refractivity contribution in [3.05, 3.63) is 29.8 Å². The Balaban J connectivity index is 1.94. The number of ether oxygens (including phenoxy) is 1. The molecular formula is C13H19NO2. The molecule has 3 heteroatoms. The van der Waals surface area contributed by atoms with Crippen molar-refractivity contribution < 1.29 is 9.84 Å². The first-order chi connectivity index (χ1) is 7.63. The third-order valence-electron chi connectivity index (χ3n) is 3.42. The van der Waals surface area contributed by atoms with Gasteiger partial charge in [0.1, 0.15) is 5.75 Å². The summed E-state index contributed by atoms with van der Waals surface area (Å²) in [7, 11) is 1.68. The zero-order valence-corrected chi connectivity index (χ0v) is 9.86. The Morgan fingerprint density at radius 1 is 1.50 bits per heavy atom. The highest BCUT2D eigenvalue weighted by Crippen LogP contribution is 2.32. The summed E-state index contributed by atoms with van der Waals surface area (Å²) in [6.07, 6.45) is 1.93. The maximum atomic E-state index is 9.88. The monoisotopic (exact) mass is 221 g/mol. The van der Waals surface area contributed by atoms with Gasteiger partial charge in [-0.25, -0.2) is 0 Å². The molecule has 0 spiro atoms. The molecule has 2 N–H and O–H groups in total. The SMILES string of the molecule is COc1ccccc1CN[C@H]1CC[C@]1(C)O. The van der Waals surface area contributed by atoms with E-state index in [1.54, 1.807) is 7.11 Å². The van der Waals surface area contributed by atoms with Crippen LogP contribution in [-0.2, 0) is 6.54 Å². The highest BCUT2D eigenvalue weighted by atomic mass is 16.5. The van der Waals surface area contributed by atoms with Gasteiger partial charge in [0.05, 0.1) is 12.7 Å². The van der Waals surface area contributed by atoms with E-state index in [-0.39, 0.29) is 6.04 Å². The van der Waals surface area contributed by atoms with E-state index in [2.05, 4.69) is 5.32 Å². The standard InChI is InChI=1S/C13H19NO2/c1-13(15)8-7-12(13)14-9-10-5-3-4-6-11(10)16-2/h3-6,12,14-15H,7-9H2,1-2H3/t12-,13-/m0/s1. The van der Waals surface area contributed by atoms with Crippen molar-refractivity contribution in [2.75, 3.05) is 7.11 Å². The highest BCUT2D eigenvalue weighted by molar-refractivity contribution is 5.33. The zero-order chi connectivity index (χ0) is 11.6. The summed E-state index contributed by atoms with van der Waals surface area (Å²) in [5, 5.41) is 13.3. The second-order valence-corrected chi connectivity index (χ2v) is 4.64. The molecule has 1 aromatic rings. The largest absolute Gasteiger partial charge is 0.496 e. The zero-order valence-electron chi connectivity index (χ0n) is 9.86. The normalized spacial score (nSPS) is 28.6. The van der Waals surface area contributed by atoms with Crippen molar-refractivity contribution in [3.63, 3.8) is 0 Å². The summed E-state index contributed by atoms with van der Waals surface area (Å²) < 4.78 is 5.28. The van der Waals surface area contributed by atoms with Gasteiger partial charge >= 0.3 is 0 Å². The fourth-order valence-electron chi connectivity index (χ4n) is 2.11. The van der Waals surface area contributed by atoms with E-state index in [0.717, 1.165) is 30.7 Å². The molecule has 2 rings (SSSR count). The van der Waals surface area contributed by atoms with E-state index < -0.39 is 5.60 Å². The van der Waals surface area contributed by atoms with Crippen LogP contribution < -0.4 is 10.1 Å². The van der Waals surface area contributed by atoms with E-state index >= 15 is 0 Å². The second kappa shape index (κ2) is 4.44. The van der Waals surface area contributed by atoms with Gasteiger partial charge in [-0.2, -0.15) is 0 Å². The van der Waals surface area contributed by atoms with Crippen molar-refractivity contribution in [3.8, 4) is 5.75 Å². The molecule has 2 atom stereocenters. The molecule has 88 valence electrons. The van der Waals surface area contributed by atoms with E-state index in [1.165, 1.54) is 0 Å². The molecule has 1 aliphatic carbocycles. The fraction of sp³-hybridized carbons (Fsp3) is 0.538. The molecule has 1 aliphatic rings. The summed E-state index contributed by atoms with van der Waals surface area (Å²) >= 11 is 0. The Hall–Kier alpha value is -1.06. The smallest absolute Gasteiger partial charge is 0.123 e. The van der Waals surface area contributed by atoms with Crippen LogP contribution in [0.25, 0.3) is 0 Å². The first kappa shape index (κ1) is 11.4. The molecule has 0 heterocycles. The summed E-state index contributed by atoms with van der Waals surface area (Å²) in [4.78, 5) is 0. The van der Waals surface area contributed by atoms with Crippen LogP contribution in [0.4, 0.5) is 0 Å². The van der Waals surface area contributed by atoms with Gasteiger partial charge in [0.15, 0.2) is 0 Å². The molecule has 16 heavy (non-hydrogen) atoms. The third kappa shape index (κ3) is 2.20. The summed E-state index contributed by atoms with van der Waals surface area (Å²) in [6.45, 7) is 2.63. The molecule has 0 saturated heterocycles. The van der Waals surface area contributed by atoms with Crippen LogP contribution in [0.1, 0.15) is 25.3 Å². The molecule has 0 aromatic heterocycles. The van der Waals surface area contributed by atoms with Crippen molar-refractivity contribution in [1.82, 2.24) is 5.32 Å². The Bertz CT molecular complexity index is 363. The minimum Gasteiger partial charge on any atom is -0.496 e. The number of rotatable bonds is 4. The van der Waals surface area contributed by atoms with Crippen molar-refractivity contribution in [1.29, 1.82) is 0 Å². The highest BCUT2D eigenvalue weighted by Gasteiger charge is 2.40. The first-order valence-corrected chi connectivity index (χ1v) is 5.71. The van der Waals surface area contributed by atoms with E-state index in [4.69, 9.17) is 4.74 Å². The average molecular weight is 221 g/mol. The molecule has 1 fully saturated rings. The van der Waals surface area contributed by atoms with Gasteiger partial charge in [-0.1, -0.05) is 18.2 Å². The lowest BCUT2D eigenvalue weighted by Crippen LogP contribution is -2.56. The van der Waals surface area contributed by atoms with E-state index in [9.17, 15) is 5.11 Å². The maximum Gasteiger partial charge on any atom is 0.123 e. The Kier molecular flexibility index (Phi) is 3.17. The number of hydrogen-bond acceptors (Lipinski definition) is 3. The van der Waals surface area contributed by atoms with Gasteiger partial charge in [0.2, 0.25) is 0 Å². The first-order valence-electron chi connectivity index (χ1n) is 5.71. The van der Waals surface area contributed by atoms with Gasteiger partial charge in [-0.05, 0) is 25.8 Å². The second-order valence-electron chi connectivity index (χ2n) is 4.64. The molecule has 0 aliphatic heterocycles. The topological polar surface area (TPSA) is 41.5 Å². The van der Waals surface area contributed by atoms with Gasteiger partial charge in [-0.3, -0.25) is 0 Å². The number of nitrogens with one attached hydrogen (secondary N) is 1.